The molecule has 8 nitrogen and oxygen atoms in total. The molecule has 3 N–H and O–H groups in total. The predicted octanol–water partition coefficient (Wildman–Crippen LogP) is 0.568. The van der Waals surface area contributed by atoms with E-state index in [0.29, 0.717) is 0 Å². The number of likely N-dealkylation sites (N-methyl/N-ethyl adjacent to an activating group) is 1. The van der Waals surface area contributed by atoms with Crippen LogP contribution in [0.1, 0.15) is 13.8 Å². The van der Waals surface area contributed by atoms with Gasteiger partial charge in [-0.25, -0.2) is 8.42 Å². The fraction of sp³-hybridized carbons (Fsp3) is 0.455. The summed E-state index contributed by atoms with van der Waals surface area (Å²) in [5, 5.41) is 19.8. The van der Waals surface area contributed by atoms with Crippen molar-refractivity contribution in [3.05, 3.63) is 28.3 Å². The van der Waals surface area contributed by atoms with Gasteiger partial charge in [0.15, 0.2) is 0 Å². The topological polar surface area (TPSA) is 127 Å². The second kappa shape index (κ2) is 5.35. The van der Waals surface area contributed by atoms with Crippen molar-refractivity contribution in [1.82, 2.24) is 4.31 Å². The summed E-state index contributed by atoms with van der Waals surface area (Å²) in [7, 11) is -2.64. The molecule has 0 aliphatic heterocycles. The summed E-state index contributed by atoms with van der Waals surface area (Å²) in [5.41, 5.74) is 4.08. The summed E-state index contributed by atoms with van der Waals surface area (Å²) in [6.07, 6.45) is 0. The molecular weight excluding hydrogens is 286 g/mol. The van der Waals surface area contributed by atoms with Crippen LogP contribution in [-0.2, 0) is 10.0 Å². The summed E-state index contributed by atoms with van der Waals surface area (Å²) >= 11 is 0. The van der Waals surface area contributed by atoms with Crippen LogP contribution in [-0.4, -0.2) is 41.9 Å². The molecule has 9 heteroatoms. The van der Waals surface area contributed by atoms with E-state index in [1.807, 2.05) is 0 Å². The summed E-state index contributed by atoms with van der Waals surface area (Å²) in [5.74, 6) is 0. The van der Waals surface area contributed by atoms with E-state index >= 15 is 0 Å². The summed E-state index contributed by atoms with van der Waals surface area (Å²) in [4.78, 5) is 9.72. The van der Waals surface area contributed by atoms with Crippen LogP contribution in [0.5, 0.6) is 0 Å². The van der Waals surface area contributed by atoms with Crippen molar-refractivity contribution in [3.8, 4) is 0 Å². The fourth-order valence-corrected chi connectivity index (χ4v) is 3.06. The standard InChI is InChI=1S/C11H17N3O5S/c1-11(2,7-15)13(3)20(18,19)10-5-4-8(14(16)17)6-9(10)12/h4-6,15H,7,12H2,1-3H3. The van der Waals surface area contributed by atoms with Gasteiger partial charge in [-0.3, -0.25) is 10.1 Å². The zero-order chi connectivity index (χ0) is 15.7. The first-order chi connectivity index (χ1) is 9.04. The molecule has 0 amide bonds. The number of hydrogen-bond donors (Lipinski definition) is 2. The van der Waals surface area contributed by atoms with Crippen LogP contribution in [0.3, 0.4) is 0 Å². The number of benzene rings is 1. The van der Waals surface area contributed by atoms with E-state index in [9.17, 15) is 23.6 Å². The molecule has 0 radical (unpaired) electrons. The van der Waals surface area contributed by atoms with Gasteiger partial charge in [0, 0.05) is 19.2 Å². The van der Waals surface area contributed by atoms with Gasteiger partial charge >= 0.3 is 0 Å². The Balaban J connectivity index is 3.34. The molecule has 1 aromatic carbocycles. The highest BCUT2D eigenvalue weighted by Crippen LogP contribution is 2.29. The Kier molecular flexibility index (Phi) is 4.37. The van der Waals surface area contributed by atoms with Crippen LogP contribution >= 0.6 is 0 Å². The first kappa shape index (κ1) is 16.3. The third-order valence-corrected chi connectivity index (χ3v) is 5.22. The molecule has 0 saturated heterocycles. The van der Waals surface area contributed by atoms with Crippen molar-refractivity contribution in [3.63, 3.8) is 0 Å². The van der Waals surface area contributed by atoms with Crippen molar-refractivity contribution in [2.45, 2.75) is 24.3 Å². The lowest BCUT2D eigenvalue weighted by Gasteiger charge is -2.33. The lowest BCUT2D eigenvalue weighted by atomic mass is 10.1. The molecule has 0 bridgehead atoms. The number of non-ortho nitro benzene ring substituents is 1. The molecule has 0 unspecified atom stereocenters. The van der Waals surface area contributed by atoms with Crippen molar-refractivity contribution in [1.29, 1.82) is 0 Å². The molecule has 0 spiro atoms. The third kappa shape index (κ3) is 2.89. The van der Waals surface area contributed by atoms with E-state index in [1.165, 1.54) is 7.05 Å². The number of nitrogen functional groups attached to an aromatic ring is 1. The molecule has 0 aliphatic carbocycles. The Morgan fingerprint density at radius 2 is 2.00 bits per heavy atom. The average molecular weight is 303 g/mol. The Bertz CT molecular complexity index is 627. The highest BCUT2D eigenvalue weighted by Gasteiger charge is 2.35. The molecular formula is C11H17N3O5S. The molecule has 0 saturated carbocycles. The number of hydrogen-bond acceptors (Lipinski definition) is 6. The minimum absolute atomic E-state index is 0.209. The monoisotopic (exact) mass is 303 g/mol. The minimum Gasteiger partial charge on any atom is -0.397 e. The van der Waals surface area contributed by atoms with Crippen LogP contribution in [0, 0.1) is 10.1 Å². The molecule has 0 fully saturated rings. The fourth-order valence-electron chi connectivity index (χ4n) is 1.46. The first-order valence-corrected chi connectivity index (χ1v) is 7.12. The van der Waals surface area contributed by atoms with Gasteiger partial charge < -0.3 is 10.8 Å². The van der Waals surface area contributed by atoms with E-state index in [-0.39, 0.29) is 22.9 Å². The third-order valence-electron chi connectivity index (χ3n) is 3.08. The van der Waals surface area contributed by atoms with Gasteiger partial charge in [-0.1, -0.05) is 0 Å². The van der Waals surface area contributed by atoms with E-state index in [1.54, 1.807) is 13.8 Å². The Labute approximate surface area is 117 Å². The first-order valence-electron chi connectivity index (χ1n) is 5.68. The van der Waals surface area contributed by atoms with Crippen LogP contribution in [0.25, 0.3) is 0 Å². The number of nitro groups is 1. The summed E-state index contributed by atoms with van der Waals surface area (Å²) in [6.45, 7) is 2.72. The lowest BCUT2D eigenvalue weighted by molar-refractivity contribution is -0.384. The highest BCUT2D eigenvalue weighted by molar-refractivity contribution is 7.89. The molecule has 0 aromatic heterocycles. The molecule has 1 aromatic rings. The Hall–Kier alpha value is -1.71. The van der Waals surface area contributed by atoms with Crippen LogP contribution in [0.4, 0.5) is 11.4 Å². The van der Waals surface area contributed by atoms with E-state index < -0.39 is 20.5 Å². The Morgan fingerprint density at radius 3 is 2.40 bits per heavy atom. The highest BCUT2D eigenvalue weighted by atomic mass is 32.2. The van der Waals surface area contributed by atoms with E-state index in [4.69, 9.17) is 5.73 Å². The minimum atomic E-state index is -3.96. The number of aliphatic hydroxyl groups is 1. The van der Waals surface area contributed by atoms with Gasteiger partial charge in [0.05, 0.1) is 22.8 Å². The predicted molar refractivity (Wildman–Crippen MR) is 73.6 cm³/mol. The Morgan fingerprint density at radius 1 is 1.45 bits per heavy atom. The molecule has 20 heavy (non-hydrogen) atoms. The van der Waals surface area contributed by atoms with Gasteiger partial charge in [0.25, 0.3) is 5.69 Å². The smallest absolute Gasteiger partial charge is 0.271 e. The quantitative estimate of drug-likeness (QED) is 0.465. The largest absolute Gasteiger partial charge is 0.397 e. The number of nitro benzene ring substituents is 1. The SMILES string of the molecule is CN(C(C)(C)CO)S(=O)(=O)c1ccc([N+](=O)[O-])cc1N. The maximum absolute atomic E-state index is 12.4. The second-order valence-corrected chi connectivity index (χ2v) is 6.86. The zero-order valence-corrected chi connectivity index (χ0v) is 12.2. The number of anilines is 1. The maximum atomic E-state index is 12.4. The van der Waals surface area contributed by atoms with Gasteiger partial charge in [-0.2, -0.15) is 4.31 Å². The summed E-state index contributed by atoms with van der Waals surface area (Å²) < 4.78 is 25.8. The number of nitrogens with two attached hydrogens (primary N) is 1. The second-order valence-electron chi connectivity index (χ2n) is 4.92. The zero-order valence-electron chi connectivity index (χ0n) is 11.4. The number of rotatable bonds is 5. The van der Waals surface area contributed by atoms with Crippen molar-refractivity contribution in [2.75, 3.05) is 19.4 Å². The average Bonchev–Trinajstić information content (AvgIpc) is 2.37. The van der Waals surface area contributed by atoms with Crippen LogP contribution < -0.4 is 5.73 Å². The molecule has 1 rings (SSSR count). The molecule has 0 aliphatic rings. The van der Waals surface area contributed by atoms with Gasteiger partial charge in [0.2, 0.25) is 10.0 Å². The van der Waals surface area contributed by atoms with Crippen LogP contribution in [0.15, 0.2) is 23.1 Å². The van der Waals surface area contributed by atoms with Crippen molar-refractivity contribution in [2.24, 2.45) is 0 Å². The van der Waals surface area contributed by atoms with Gasteiger partial charge in [-0.15, -0.1) is 0 Å². The van der Waals surface area contributed by atoms with E-state index in [2.05, 4.69) is 0 Å². The van der Waals surface area contributed by atoms with Crippen molar-refractivity contribution < 1.29 is 18.4 Å². The normalized spacial score (nSPS) is 12.7. The maximum Gasteiger partial charge on any atom is 0.271 e. The molecule has 0 atom stereocenters. The van der Waals surface area contributed by atoms with Gasteiger partial charge in [0.1, 0.15) is 4.90 Å². The molecule has 112 valence electrons. The molecule has 0 heterocycles. The van der Waals surface area contributed by atoms with Gasteiger partial charge in [-0.05, 0) is 19.9 Å². The number of nitrogens with zero attached hydrogens (tertiary/aromatic N) is 2. The number of aliphatic hydroxyl groups excluding tert-OH is 1. The van der Waals surface area contributed by atoms with E-state index in [0.717, 1.165) is 22.5 Å². The van der Waals surface area contributed by atoms with Crippen molar-refractivity contribution >= 4 is 21.4 Å². The lowest BCUT2D eigenvalue weighted by Crippen LogP contribution is -2.47. The summed E-state index contributed by atoms with van der Waals surface area (Å²) in [6, 6.07) is 3.16. The number of sulfonamides is 1. The van der Waals surface area contributed by atoms with Crippen LogP contribution in [0.2, 0.25) is 0 Å².